The average molecular weight is 337 g/mol. The number of nitrogens with zero attached hydrogens (tertiary/aromatic N) is 3. The van der Waals surface area contributed by atoms with Gasteiger partial charge in [-0.2, -0.15) is 13.2 Å². The first-order chi connectivity index (χ1) is 11.3. The molecule has 1 fully saturated rings. The number of anilines is 1. The van der Waals surface area contributed by atoms with Gasteiger partial charge in [0.05, 0.1) is 11.3 Å². The highest BCUT2D eigenvalue weighted by Crippen LogP contribution is 2.38. The maximum Gasteiger partial charge on any atom is 0.419 e. The largest absolute Gasteiger partial charge is 0.419 e. The summed E-state index contributed by atoms with van der Waals surface area (Å²) in [5.41, 5.74) is -0.311. The predicted molar refractivity (Wildman–Crippen MR) is 83.6 cm³/mol. The van der Waals surface area contributed by atoms with E-state index in [2.05, 4.69) is 9.97 Å². The van der Waals surface area contributed by atoms with E-state index in [0.717, 1.165) is 11.6 Å². The molecule has 0 bridgehead atoms. The van der Waals surface area contributed by atoms with Crippen molar-refractivity contribution in [3.63, 3.8) is 0 Å². The number of alkyl halides is 3. The van der Waals surface area contributed by atoms with E-state index in [-0.39, 0.29) is 18.9 Å². The summed E-state index contributed by atoms with van der Waals surface area (Å²) in [7, 11) is 0. The fourth-order valence-corrected chi connectivity index (χ4v) is 2.96. The highest BCUT2D eigenvalue weighted by molar-refractivity contribution is 5.49. The molecule has 1 aliphatic heterocycles. The summed E-state index contributed by atoms with van der Waals surface area (Å²) in [5, 5.41) is 10.8. The van der Waals surface area contributed by atoms with Crippen LogP contribution < -0.4 is 4.90 Å². The molecule has 4 nitrogen and oxygen atoms in total. The molecule has 0 spiro atoms. The van der Waals surface area contributed by atoms with E-state index < -0.39 is 17.3 Å². The van der Waals surface area contributed by atoms with Crippen molar-refractivity contribution in [1.29, 1.82) is 0 Å². The number of aromatic nitrogens is 2. The van der Waals surface area contributed by atoms with Gasteiger partial charge in [-0.25, -0.2) is 4.98 Å². The quantitative estimate of drug-likeness (QED) is 0.914. The van der Waals surface area contributed by atoms with Gasteiger partial charge in [0.15, 0.2) is 0 Å². The zero-order valence-electron chi connectivity index (χ0n) is 13.2. The Labute approximate surface area is 138 Å². The summed E-state index contributed by atoms with van der Waals surface area (Å²) in [6.07, 6.45) is -0.809. The lowest BCUT2D eigenvalue weighted by molar-refractivity contribution is -0.137. The topological polar surface area (TPSA) is 49.2 Å². The van der Waals surface area contributed by atoms with Crippen LogP contribution in [0.5, 0.6) is 0 Å². The molecular formula is C17H18F3N3O. The summed E-state index contributed by atoms with van der Waals surface area (Å²) in [4.78, 5) is 9.75. The van der Waals surface area contributed by atoms with Gasteiger partial charge in [-0.05, 0) is 43.5 Å². The molecule has 0 radical (unpaired) electrons. The van der Waals surface area contributed by atoms with Gasteiger partial charge >= 0.3 is 6.18 Å². The van der Waals surface area contributed by atoms with E-state index in [4.69, 9.17) is 0 Å². The second kappa shape index (κ2) is 6.05. The van der Waals surface area contributed by atoms with Crippen LogP contribution in [0.3, 0.4) is 0 Å². The van der Waals surface area contributed by atoms with Crippen molar-refractivity contribution in [2.75, 3.05) is 18.0 Å². The second-order valence-corrected chi connectivity index (χ2v) is 6.11. The van der Waals surface area contributed by atoms with Crippen molar-refractivity contribution < 1.29 is 18.3 Å². The summed E-state index contributed by atoms with van der Waals surface area (Å²) >= 11 is 0. The van der Waals surface area contributed by atoms with Gasteiger partial charge in [-0.1, -0.05) is 6.07 Å². The molecule has 0 aromatic carbocycles. The summed E-state index contributed by atoms with van der Waals surface area (Å²) < 4.78 is 39.4. The Morgan fingerprint density at radius 1 is 1.12 bits per heavy atom. The highest BCUT2D eigenvalue weighted by atomic mass is 19.4. The Hall–Kier alpha value is -2.15. The third-order valence-corrected chi connectivity index (χ3v) is 4.37. The lowest BCUT2D eigenvalue weighted by Crippen LogP contribution is -2.44. The molecular weight excluding hydrogens is 319 g/mol. The minimum absolute atomic E-state index is 0.0797. The van der Waals surface area contributed by atoms with Crippen LogP contribution in [-0.2, 0) is 11.8 Å². The predicted octanol–water partition coefficient (Wildman–Crippen LogP) is 3.29. The molecule has 7 heteroatoms. The highest BCUT2D eigenvalue weighted by Gasteiger charge is 2.39. The van der Waals surface area contributed by atoms with Crippen LogP contribution in [0.15, 0.2) is 36.7 Å². The molecule has 2 aromatic rings. The molecule has 3 rings (SSSR count). The normalized spacial score (nSPS) is 17.8. The van der Waals surface area contributed by atoms with Crippen molar-refractivity contribution in [2.24, 2.45) is 0 Å². The second-order valence-electron chi connectivity index (χ2n) is 6.11. The van der Waals surface area contributed by atoms with Crippen LogP contribution in [-0.4, -0.2) is 28.2 Å². The van der Waals surface area contributed by atoms with E-state index in [0.29, 0.717) is 18.5 Å². The molecule has 0 unspecified atom stereocenters. The lowest BCUT2D eigenvalue weighted by atomic mass is 9.87. The summed E-state index contributed by atoms with van der Waals surface area (Å²) in [5.74, 6) is -0.0797. The molecule has 2 aromatic heterocycles. The standard InChI is InChI=1S/C17H18F3N3O/c1-12-4-5-14(22-11-12)16(24)6-9-23(10-7-16)15-13(17(18,19)20)3-2-8-21-15/h2-5,8,11,24H,6-7,9-10H2,1H3. The van der Waals surface area contributed by atoms with Gasteiger partial charge in [0.2, 0.25) is 0 Å². The maximum atomic E-state index is 13.1. The maximum absolute atomic E-state index is 13.1. The monoisotopic (exact) mass is 337 g/mol. The molecule has 1 N–H and O–H groups in total. The first kappa shape index (κ1) is 16.7. The number of rotatable bonds is 2. The Morgan fingerprint density at radius 3 is 2.42 bits per heavy atom. The molecule has 24 heavy (non-hydrogen) atoms. The first-order valence-corrected chi connectivity index (χ1v) is 7.72. The van der Waals surface area contributed by atoms with Crippen LogP contribution in [0.4, 0.5) is 19.0 Å². The van der Waals surface area contributed by atoms with E-state index in [9.17, 15) is 18.3 Å². The van der Waals surface area contributed by atoms with Crippen molar-refractivity contribution in [3.8, 4) is 0 Å². The Balaban J connectivity index is 1.80. The Bertz CT molecular complexity index is 708. The van der Waals surface area contributed by atoms with Crippen LogP contribution in [0.2, 0.25) is 0 Å². The third kappa shape index (κ3) is 3.21. The molecule has 0 aliphatic carbocycles. The van der Waals surface area contributed by atoms with Gasteiger partial charge in [0.25, 0.3) is 0 Å². The smallest absolute Gasteiger partial charge is 0.383 e. The summed E-state index contributed by atoms with van der Waals surface area (Å²) in [6, 6.07) is 5.95. The Morgan fingerprint density at radius 2 is 1.83 bits per heavy atom. The van der Waals surface area contributed by atoms with Gasteiger partial charge < -0.3 is 10.0 Å². The van der Waals surface area contributed by atoms with Crippen LogP contribution >= 0.6 is 0 Å². The number of pyridine rings is 2. The average Bonchev–Trinajstić information content (AvgIpc) is 2.55. The number of hydrogen-bond donors (Lipinski definition) is 1. The minimum Gasteiger partial charge on any atom is -0.383 e. The first-order valence-electron chi connectivity index (χ1n) is 7.72. The van der Waals surface area contributed by atoms with Crippen molar-refractivity contribution >= 4 is 5.82 Å². The fourth-order valence-electron chi connectivity index (χ4n) is 2.96. The van der Waals surface area contributed by atoms with E-state index >= 15 is 0 Å². The molecule has 0 saturated carbocycles. The van der Waals surface area contributed by atoms with Gasteiger partial charge in [-0.15, -0.1) is 0 Å². The summed E-state index contributed by atoms with van der Waals surface area (Å²) in [6.45, 7) is 2.47. The lowest BCUT2D eigenvalue weighted by Gasteiger charge is -2.39. The van der Waals surface area contributed by atoms with Gasteiger partial charge in [-0.3, -0.25) is 4.98 Å². The zero-order chi connectivity index (χ0) is 17.4. The molecule has 0 amide bonds. The van der Waals surface area contributed by atoms with E-state index in [1.807, 2.05) is 13.0 Å². The third-order valence-electron chi connectivity index (χ3n) is 4.37. The van der Waals surface area contributed by atoms with Gasteiger partial charge in [0.1, 0.15) is 11.4 Å². The molecule has 1 aliphatic rings. The number of hydrogen-bond acceptors (Lipinski definition) is 4. The number of piperidine rings is 1. The van der Waals surface area contributed by atoms with Crippen LogP contribution in [0.25, 0.3) is 0 Å². The SMILES string of the molecule is Cc1ccc(C2(O)CCN(c3ncccc3C(F)(F)F)CC2)nc1. The van der Waals surface area contributed by atoms with Crippen LogP contribution in [0.1, 0.15) is 29.7 Å². The van der Waals surface area contributed by atoms with Gasteiger partial charge in [0, 0.05) is 25.5 Å². The van der Waals surface area contributed by atoms with Crippen molar-refractivity contribution in [3.05, 3.63) is 53.5 Å². The molecule has 3 heterocycles. The zero-order valence-corrected chi connectivity index (χ0v) is 13.2. The fraction of sp³-hybridized carbons (Fsp3) is 0.412. The van der Waals surface area contributed by atoms with E-state index in [1.54, 1.807) is 17.2 Å². The number of halogens is 3. The van der Waals surface area contributed by atoms with Crippen molar-refractivity contribution in [2.45, 2.75) is 31.5 Å². The molecule has 128 valence electrons. The Kier molecular flexibility index (Phi) is 4.21. The van der Waals surface area contributed by atoms with Crippen LogP contribution in [0, 0.1) is 6.92 Å². The van der Waals surface area contributed by atoms with E-state index in [1.165, 1.54) is 12.3 Å². The minimum atomic E-state index is -4.45. The molecule has 0 atom stereocenters. The number of aliphatic hydroxyl groups is 1. The van der Waals surface area contributed by atoms with Crippen molar-refractivity contribution in [1.82, 2.24) is 9.97 Å². The number of aryl methyl sites for hydroxylation is 1. The molecule has 1 saturated heterocycles.